The molecule has 1 aliphatic heterocycles. The molecule has 1 fully saturated rings. The first kappa shape index (κ1) is 10.1. The monoisotopic (exact) mass is 256 g/mol. The van der Waals surface area contributed by atoms with Gasteiger partial charge in [0.15, 0.2) is 5.79 Å². The van der Waals surface area contributed by atoms with Crippen molar-refractivity contribution in [2.45, 2.75) is 19.1 Å². The van der Waals surface area contributed by atoms with Gasteiger partial charge < -0.3 is 9.47 Å². The minimum Gasteiger partial charge on any atom is -0.347 e. The number of hydrogen-bond donors (Lipinski definition) is 0. The quantitative estimate of drug-likeness (QED) is 0.811. The maximum atomic E-state index is 5.56. The summed E-state index contributed by atoms with van der Waals surface area (Å²) in [4.78, 5) is 0. The second-order valence-corrected chi connectivity index (χ2v) is 4.45. The summed E-state index contributed by atoms with van der Waals surface area (Å²) in [5.74, 6) is -0.441. The van der Waals surface area contributed by atoms with Gasteiger partial charge in [0.1, 0.15) is 0 Å². The molecule has 1 aromatic carbocycles. The largest absolute Gasteiger partial charge is 0.347 e. The molecule has 14 heavy (non-hydrogen) atoms. The van der Waals surface area contributed by atoms with Crippen LogP contribution < -0.4 is 0 Å². The van der Waals surface area contributed by atoms with E-state index in [1.807, 2.05) is 25.1 Å². The van der Waals surface area contributed by atoms with Crippen LogP contribution in [0.1, 0.15) is 12.5 Å². The molecule has 0 amide bonds. The third-order valence-corrected chi connectivity index (χ3v) is 3.14. The molecule has 0 saturated carbocycles. The van der Waals surface area contributed by atoms with Gasteiger partial charge in [-0.05, 0) is 18.6 Å². The van der Waals surface area contributed by atoms with Crippen LogP contribution in [0.15, 0.2) is 28.7 Å². The Morgan fingerprint density at radius 3 is 2.57 bits per heavy atom. The molecule has 0 radical (unpaired) electrons. The lowest BCUT2D eigenvalue weighted by atomic mass is 10.1. The smallest absolute Gasteiger partial charge is 0.169 e. The van der Waals surface area contributed by atoms with Crippen molar-refractivity contribution < 1.29 is 9.47 Å². The molecule has 1 aliphatic rings. The maximum Gasteiger partial charge on any atom is 0.169 e. The van der Waals surface area contributed by atoms with E-state index in [0.717, 1.165) is 10.9 Å². The van der Waals surface area contributed by atoms with E-state index < -0.39 is 5.79 Å². The van der Waals surface area contributed by atoms with Crippen molar-refractivity contribution in [1.82, 2.24) is 0 Å². The highest BCUT2D eigenvalue weighted by Crippen LogP contribution is 2.27. The Labute approximate surface area is 92.3 Å². The van der Waals surface area contributed by atoms with Gasteiger partial charge in [0.25, 0.3) is 0 Å². The molecule has 0 aromatic heterocycles. The summed E-state index contributed by atoms with van der Waals surface area (Å²) in [5.41, 5.74) is 1.22. The average molecular weight is 257 g/mol. The minimum absolute atomic E-state index is 0.441. The second-order valence-electron chi connectivity index (χ2n) is 3.60. The summed E-state index contributed by atoms with van der Waals surface area (Å²) in [6.07, 6.45) is 0.786. The summed E-state index contributed by atoms with van der Waals surface area (Å²) < 4.78 is 12.2. The number of rotatable bonds is 2. The number of hydrogen-bond acceptors (Lipinski definition) is 2. The van der Waals surface area contributed by atoms with Gasteiger partial charge >= 0.3 is 0 Å². The summed E-state index contributed by atoms with van der Waals surface area (Å²) in [5, 5.41) is 0. The van der Waals surface area contributed by atoms with Crippen molar-refractivity contribution in [3.63, 3.8) is 0 Å². The van der Waals surface area contributed by atoms with Crippen LogP contribution in [0.25, 0.3) is 0 Å². The zero-order valence-electron chi connectivity index (χ0n) is 8.13. The molecule has 0 N–H and O–H groups in total. The van der Waals surface area contributed by atoms with Crippen molar-refractivity contribution in [3.8, 4) is 0 Å². The fourth-order valence-corrected chi connectivity index (χ4v) is 2.07. The highest BCUT2D eigenvalue weighted by molar-refractivity contribution is 9.10. The first-order valence-corrected chi connectivity index (χ1v) is 5.50. The molecular formula is C11H13BrO2. The SMILES string of the molecule is CC1(Cc2ccccc2Br)OCCO1. The summed E-state index contributed by atoms with van der Waals surface area (Å²) in [7, 11) is 0. The van der Waals surface area contributed by atoms with Gasteiger partial charge in [0.05, 0.1) is 13.2 Å². The fraction of sp³-hybridized carbons (Fsp3) is 0.455. The van der Waals surface area contributed by atoms with Crippen LogP contribution in [-0.4, -0.2) is 19.0 Å². The van der Waals surface area contributed by atoms with Gasteiger partial charge in [0.2, 0.25) is 0 Å². The first-order valence-electron chi connectivity index (χ1n) is 4.71. The molecule has 0 unspecified atom stereocenters. The Hall–Kier alpha value is -0.380. The third-order valence-electron chi connectivity index (χ3n) is 2.37. The highest BCUT2D eigenvalue weighted by atomic mass is 79.9. The Morgan fingerprint density at radius 2 is 1.93 bits per heavy atom. The van der Waals surface area contributed by atoms with Gasteiger partial charge in [-0.15, -0.1) is 0 Å². The van der Waals surface area contributed by atoms with Crippen LogP contribution in [-0.2, 0) is 15.9 Å². The van der Waals surface area contributed by atoms with Crippen LogP contribution in [0.2, 0.25) is 0 Å². The highest BCUT2D eigenvalue weighted by Gasteiger charge is 2.31. The molecule has 1 saturated heterocycles. The molecule has 1 heterocycles. The molecule has 0 bridgehead atoms. The van der Waals surface area contributed by atoms with Crippen molar-refractivity contribution >= 4 is 15.9 Å². The molecule has 0 aliphatic carbocycles. The predicted molar refractivity (Wildman–Crippen MR) is 58.2 cm³/mol. The van der Waals surface area contributed by atoms with Gasteiger partial charge in [-0.1, -0.05) is 34.1 Å². The van der Waals surface area contributed by atoms with Crippen LogP contribution in [0.5, 0.6) is 0 Å². The third kappa shape index (κ3) is 2.16. The number of benzene rings is 1. The second kappa shape index (κ2) is 4.01. The lowest BCUT2D eigenvalue weighted by Crippen LogP contribution is -2.28. The topological polar surface area (TPSA) is 18.5 Å². The molecule has 0 atom stereocenters. The van der Waals surface area contributed by atoms with Crippen LogP contribution in [0.4, 0.5) is 0 Å². The van der Waals surface area contributed by atoms with Gasteiger partial charge in [-0.2, -0.15) is 0 Å². The fourth-order valence-electron chi connectivity index (χ4n) is 1.65. The van der Waals surface area contributed by atoms with Gasteiger partial charge in [-0.3, -0.25) is 0 Å². The van der Waals surface area contributed by atoms with Crippen LogP contribution >= 0.6 is 15.9 Å². The van der Waals surface area contributed by atoms with E-state index in [-0.39, 0.29) is 0 Å². The first-order chi connectivity index (χ1) is 6.70. The lowest BCUT2D eigenvalue weighted by Gasteiger charge is -2.22. The van der Waals surface area contributed by atoms with E-state index >= 15 is 0 Å². The van der Waals surface area contributed by atoms with Crippen molar-refractivity contribution in [2.24, 2.45) is 0 Å². The Morgan fingerprint density at radius 1 is 1.29 bits per heavy atom. The molecule has 2 nitrogen and oxygen atoms in total. The normalized spacial score (nSPS) is 19.9. The van der Waals surface area contributed by atoms with Crippen LogP contribution in [0, 0.1) is 0 Å². The Balaban J connectivity index is 2.14. The Kier molecular flexibility index (Phi) is 2.91. The predicted octanol–water partition coefficient (Wildman–Crippen LogP) is 2.75. The zero-order valence-corrected chi connectivity index (χ0v) is 9.71. The summed E-state index contributed by atoms with van der Waals surface area (Å²) in [6.45, 7) is 3.38. The Bertz CT molecular complexity index is 319. The molecule has 3 heteroatoms. The zero-order chi connectivity index (χ0) is 10.0. The number of halogens is 1. The van der Waals surface area contributed by atoms with E-state index in [4.69, 9.17) is 9.47 Å². The molecule has 1 aromatic rings. The molecule has 2 rings (SSSR count). The van der Waals surface area contributed by atoms with Crippen molar-refractivity contribution in [2.75, 3.05) is 13.2 Å². The van der Waals surface area contributed by atoms with E-state index in [0.29, 0.717) is 13.2 Å². The summed E-state index contributed by atoms with van der Waals surface area (Å²) >= 11 is 3.52. The van der Waals surface area contributed by atoms with E-state index in [1.165, 1.54) is 5.56 Å². The van der Waals surface area contributed by atoms with E-state index in [1.54, 1.807) is 0 Å². The van der Waals surface area contributed by atoms with E-state index in [9.17, 15) is 0 Å². The average Bonchev–Trinajstić information content (AvgIpc) is 2.57. The molecule has 76 valence electrons. The minimum atomic E-state index is -0.441. The van der Waals surface area contributed by atoms with Gasteiger partial charge in [-0.25, -0.2) is 0 Å². The van der Waals surface area contributed by atoms with Crippen molar-refractivity contribution in [1.29, 1.82) is 0 Å². The van der Waals surface area contributed by atoms with E-state index in [2.05, 4.69) is 22.0 Å². The maximum absolute atomic E-state index is 5.56. The molecule has 0 spiro atoms. The standard InChI is InChI=1S/C11H13BrO2/c1-11(13-6-7-14-11)8-9-4-2-3-5-10(9)12/h2-5H,6-8H2,1H3. The van der Waals surface area contributed by atoms with Crippen molar-refractivity contribution in [3.05, 3.63) is 34.3 Å². The summed E-state index contributed by atoms with van der Waals surface area (Å²) in [6, 6.07) is 8.15. The van der Waals surface area contributed by atoms with Gasteiger partial charge in [0, 0.05) is 10.9 Å². The number of ether oxygens (including phenoxy) is 2. The lowest BCUT2D eigenvalue weighted by molar-refractivity contribution is -0.140. The van der Waals surface area contributed by atoms with Crippen LogP contribution in [0.3, 0.4) is 0 Å². The molecular weight excluding hydrogens is 244 g/mol.